The molecule has 0 bridgehead atoms. The van der Waals surface area contributed by atoms with E-state index in [2.05, 4.69) is 33.9 Å². The second-order valence-corrected chi connectivity index (χ2v) is 14.7. The van der Waals surface area contributed by atoms with E-state index >= 15 is 0 Å². The highest BCUT2D eigenvalue weighted by atomic mass is 28.4. The third-order valence-electron chi connectivity index (χ3n) is 6.88. The first kappa shape index (κ1) is 23.1. The van der Waals surface area contributed by atoms with Gasteiger partial charge in [-0.15, -0.1) is 0 Å². The Bertz CT molecular complexity index is 896. The Morgan fingerprint density at radius 2 is 1.81 bits per heavy atom. The summed E-state index contributed by atoms with van der Waals surface area (Å²) in [5, 5.41) is 9.84. The van der Waals surface area contributed by atoms with Crippen LogP contribution in [0.4, 0.5) is 4.79 Å². The zero-order valence-electron chi connectivity index (χ0n) is 19.0. The van der Waals surface area contributed by atoms with Crippen molar-refractivity contribution in [3.05, 3.63) is 29.3 Å². The Labute approximate surface area is 184 Å². The lowest BCUT2D eigenvalue weighted by molar-refractivity contribution is -0.141. The molecule has 9 heteroatoms. The first-order valence-corrected chi connectivity index (χ1v) is 13.6. The average Bonchev–Trinajstić information content (AvgIpc) is 3.15. The van der Waals surface area contributed by atoms with Gasteiger partial charge in [-0.05, 0) is 54.2 Å². The Morgan fingerprint density at radius 3 is 2.39 bits per heavy atom. The van der Waals surface area contributed by atoms with Crippen molar-refractivity contribution < 1.29 is 23.9 Å². The van der Waals surface area contributed by atoms with Crippen molar-refractivity contribution >= 4 is 26.2 Å². The highest BCUT2D eigenvalue weighted by molar-refractivity contribution is 6.74. The molecule has 170 valence electrons. The van der Waals surface area contributed by atoms with Gasteiger partial charge < -0.3 is 20.2 Å². The zero-order valence-corrected chi connectivity index (χ0v) is 20.0. The molecule has 1 saturated heterocycles. The van der Waals surface area contributed by atoms with Gasteiger partial charge in [-0.25, -0.2) is 4.79 Å². The van der Waals surface area contributed by atoms with Gasteiger partial charge >= 0.3 is 6.09 Å². The normalized spacial score (nSPS) is 21.6. The highest BCUT2D eigenvalue weighted by Gasteiger charge is 2.42. The van der Waals surface area contributed by atoms with Crippen LogP contribution in [0.5, 0.6) is 5.75 Å². The molecule has 1 aromatic rings. The molecule has 3 N–H and O–H groups in total. The molecule has 1 fully saturated rings. The Hall–Kier alpha value is -2.55. The minimum atomic E-state index is -2.03. The third kappa shape index (κ3) is 4.56. The van der Waals surface area contributed by atoms with E-state index in [1.54, 1.807) is 0 Å². The van der Waals surface area contributed by atoms with Gasteiger partial charge in [0.2, 0.25) is 20.1 Å². The van der Waals surface area contributed by atoms with E-state index in [0.29, 0.717) is 19.4 Å². The van der Waals surface area contributed by atoms with Gasteiger partial charge in [0.15, 0.2) is 0 Å². The van der Waals surface area contributed by atoms with Crippen LogP contribution in [0.25, 0.3) is 0 Å². The van der Waals surface area contributed by atoms with E-state index in [-0.39, 0.29) is 23.9 Å². The molecule has 3 amide bonds. The zero-order chi connectivity index (χ0) is 23.1. The SMILES string of the molecule is CC(C)(C)[Si](C)(C)Oc1ccc2c(c1)CN(C(=O)O)[C@@H](C(=O)N1CCC[C@H]1C(N)=O)C2. The minimum absolute atomic E-state index is 0.0419. The number of amides is 3. The van der Waals surface area contributed by atoms with Crippen molar-refractivity contribution in [1.29, 1.82) is 0 Å². The fraction of sp³-hybridized carbons (Fsp3) is 0.591. The van der Waals surface area contributed by atoms with E-state index in [1.165, 1.54) is 4.90 Å². The summed E-state index contributed by atoms with van der Waals surface area (Å²) in [5.41, 5.74) is 7.22. The van der Waals surface area contributed by atoms with Crippen LogP contribution < -0.4 is 10.2 Å². The van der Waals surface area contributed by atoms with Gasteiger partial charge in [0, 0.05) is 13.0 Å². The molecule has 1 aromatic carbocycles. The van der Waals surface area contributed by atoms with Crippen LogP contribution in [0, 0.1) is 0 Å². The summed E-state index contributed by atoms with van der Waals surface area (Å²) in [5.74, 6) is -0.166. The number of hydrogen-bond acceptors (Lipinski definition) is 4. The fourth-order valence-corrected chi connectivity index (χ4v) is 5.03. The van der Waals surface area contributed by atoms with Crippen molar-refractivity contribution in [3.8, 4) is 5.75 Å². The molecule has 3 rings (SSSR count). The molecule has 0 spiro atoms. The minimum Gasteiger partial charge on any atom is -0.543 e. The summed E-state index contributed by atoms with van der Waals surface area (Å²) in [6.45, 7) is 11.3. The molecule has 0 aliphatic carbocycles. The average molecular weight is 448 g/mol. The number of nitrogens with zero attached hydrogens (tertiary/aromatic N) is 2. The summed E-state index contributed by atoms with van der Waals surface area (Å²) in [6.07, 6.45) is 0.313. The summed E-state index contributed by atoms with van der Waals surface area (Å²) in [7, 11) is -2.03. The number of likely N-dealkylation sites (tertiary alicyclic amines) is 1. The van der Waals surface area contributed by atoms with Gasteiger partial charge in [-0.3, -0.25) is 14.5 Å². The molecule has 0 radical (unpaired) electrons. The van der Waals surface area contributed by atoms with Crippen molar-refractivity contribution in [1.82, 2.24) is 9.80 Å². The molecule has 8 nitrogen and oxygen atoms in total. The Morgan fingerprint density at radius 1 is 1.13 bits per heavy atom. The van der Waals surface area contributed by atoms with Crippen molar-refractivity contribution in [3.63, 3.8) is 0 Å². The number of nitrogens with two attached hydrogens (primary N) is 1. The molecule has 2 heterocycles. The molecule has 2 aliphatic heterocycles. The molecule has 0 saturated carbocycles. The lowest BCUT2D eigenvalue weighted by atomic mass is 9.93. The highest BCUT2D eigenvalue weighted by Crippen LogP contribution is 2.38. The van der Waals surface area contributed by atoms with Crippen LogP contribution >= 0.6 is 0 Å². The second kappa shape index (κ2) is 8.18. The largest absolute Gasteiger partial charge is 0.543 e. The summed E-state index contributed by atoms with van der Waals surface area (Å²) in [6, 6.07) is 4.20. The third-order valence-corrected chi connectivity index (χ3v) is 11.2. The molecule has 0 aromatic heterocycles. The number of carbonyl (C=O) groups excluding carboxylic acids is 2. The first-order chi connectivity index (χ1) is 14.3. The molecule has 2 atom stereocenters. The predicted molar refractivity (Wildman–Crippen MR) is 119 cm³/mol. The summed E-state index contributed by atoms with van der Waals surface area (Å²) < 4.78 is 6.37. The smallest absolute Gasteiger partial charge is 0.408 e. The van der Waals surface area contributed by atoms with E-state index in [9.17, 15) is 19.5 Å². The summed E-state index contributed by atoms with van der Waals surface area (Å²) in [4.78, 5) is 39.5. The van der Waals surface area contributed by atoms with Crippen LogP contribution in [-0.4, -0.2) is 59.8 Å². The topological polar surface area (TPSA) is 113 Å². The number of carbonyl (C=O) groups is 3. The molecule has 31 heavy (non-hydrogen) atoms. The number of benzene rings is 1. The monoisotopic (exact) mass is 447 g/mol. The maximum Gasteiger partial charge on any atom is 0.408 e. The Balaban J connectivity index is 1.86. The van der Waals surface area contributed by atoms with Crippen molar-refractivity contribution in [2.45, 2.75) is 76.8 Å². The van der Waals surface area contributed by atoms with E-state index in [0.717, 1.165) is 21.8 Å². The van der Waals surface area contributed by atoms with Crippen molar-refractivity contribution in [2.24, 2.45) is 5.73 Å². The van der Waals surface area contributed by atoms with Gasteiger partial charge in [0.05, 0.1) is 6.54 Å². The van der Waals surface area contributed by atoms with Gasteiger partial charge in [-0.1, -0.05) is 26.8 Å². The van der Waals surface area contributed by atoms with Gasteiger partial charge in [0.1, 0.15) is 17.8 Å². The molecular formula is C22H33N3O5Si. The number of hydrogen-bond donors (Lipinski definition) is 2. The maximum absolute atomic E-state index is 13.2. The van der Waals surface area contributed by atoms with Crippen LogP contribution in [0.2, 0.25) is 18.1 Å². The number of rotatable bonds is 4. The van der Waals surface area contributed by atoms with Gasteiger partial charge in [-0.2, -0.15) is 0 Å². The molecule has 0 unspecified atom stereocenters. The van der Waals surface area contributed by atoms with E-state index < -0.39 is 32.4 Å². The van der Waals surface area contributed by atoms with Crippen LogP contribution in [0.3, 0.4) is 0 Å². The van der Waals surface area contributed by atoms with E-state index in [4.69, 9.17) is 10.2 Å². The fourth-order valence-electron chi connectivity index (χ4n) is 4.01. The number of fused-ring (bicyclic) bond motifs is 1. The first-order valence-electron chi connectivity index (χ1n) is 10.7. The molecule has 2 aliphatic rings. The Kier molecular flexibility index (Phi) is 6.10. The van der Waals surface area contributed by atoms with Crippen LogP contribution in [0.15, 0.2) is 18.2 Å². The number of carboxylic acid groups (broad SMARTS) is 1. The quantitative estimate of drug-likeness (QED) is 0.689. The lowest BCUT2D eigenvalue weighted by Crippen LogP contribution is -2.56. The lowest BCUT2D eigenvalue weighted by Gasteiger charge is -2.38. The van der Waals surface area contributed by atoms with Gasteiger partial charge in [0.25, 0.3) is 0 Å². The van der Waals surface area contributed by atoms with Crippen LogP contribution in [0.1, 0.15) is 44.7 Å². The summed E-state index contributed by atoms with van der Waals surface area (Å²) >= 11 is 0. The second-order valence-electron chi connectivity index (χ2n) is 10.0. The molecular weight excluding hydrogens is 414 g/mol. The maximum atomic E-state index is 13.2. The predicted octanol–water partition coefficient (Wildman–Crippen LogP) is 2.95. The standard InChI is InChI=1S/C22H33N3O5Si/c1-22(2,3)31(4,5)30-16-9-8-14-12-18(25(21(28)29)13-15(14)11-16)20(27)24-10-6-7-17(24)19(23)26/h8-9,11,17-18H,6-7,10,12-13H2,1-5H3,(H2,23,26)(H,28,29)/t17-,18+/m0/s1. The number of primary amides is 1. The van der Waals surface area contributed by atoms with Crippen LogP contribution in [-0.2, 0) is 22.6 Å². The van der Waals surface area contributed by atoms with Crippen molar-refractivity contribution in [2.75, 3.05) is 6.54 Å². The van der Waals surface area contributed by atoms with E-state index in [1.807, 2.05) is 18.2 Å².